The molecule has 1 fully saturated rings. The molecule has 0 amide bonds. The normalized spacial score (nSPS) is 17.0. The number of halogens is 1. The summed E-state index contributed by atoms with van der Waals surface area (Å²) in [6.45, 7) is 3.61. The Kier molecular flexibility index (Phi) is 4.09. The smallest absolute Gasteiger partial charge is 0.275 e. The van der Waals surface area contributed by atoms with E-state index in [9.17, 15) is 10.1 Å². The predicted molar refractivity (Wildman–Crippen MR) is 66.9 cm³/mol. The second-order valence-corrected chi connectivity index (χ2v) is 4.74. The van der Waals surface area contributed by atoms with Crippen molar-refractivity contribution in [3.05, 3.63) is 38.3 Å². The van der Waals surface area contributed by atoms with Gasteiger partial charge in [0.1, 0.15) is 0 Å². The number of rotatable bonds is 3. The minimum absolute atomic E-state index is 0.172. The first kappa shape index (κ1) is 12.5. The lowest BCUT2D eigenvalue weighted by Crippen LogP contribution is -2.35. The van der Waals surface area contributed by atoms with E-state index in [1.54, 1.807) is 12.1 Å². The van der Waals surface area contributed by atoms with E-state index < -0.39 is 0 Å². The average molecular weight is 301 g/mol. The van der Waals surface area contributed by atoms with Gasteiger partial charge < -0.3 is 4.74 Å². The first-order valence-corrected chi connectivity index (χ1v) is 6.19. The van der Waals surface area contributed by atoms with Crippen LogP contribution < -0.4 is 0 Å². The number of benzene rings is 1. The SMILES string of the molecule is O=[N+]([O-])c1cccc(Br)c1CN1CCOCC1. The van der Waals surface area contributed by atoms with Gasteiger partial charge in [0.2, 0.25) is 0 Å². The zero-order chi connectivity index (χ0) is 12.3. The second kappa shape index (κ2) is 5.57. The van der Waals surface area contributed by atoms with Crippen molar-refractivity contribution in [2.24, 2.45) is 0 Å². The highest BCUT2D eigenvalue weighted by molar-refractivity contribution is 9.10. The molecule has 0 unspecified atom stereocenters. The number of ether oxygens (including phenoxy) is 1. The third-order valence-electron chi connectivity index (χ3n) is 2.78. The highest BCUT2D eigenvalue weighted by Gasteiger charge is 2.20. The van der Waals surface area contributed by atoms with Gasteiger partial charge in [-0.05, 0) is 6.07 Å². The van der Waals surface area contributed by atoms with Gasteiger partial charge in [0.05, 0.1) is 23.7 Å². The molecule has 1 heterocycles. The molecule has 2 rings (SSSR count). The van der Waals surface area contributed by atoms with Gasteiger partial charge >= 0.3 is 0 Å². The summed E-state index contributed by atoms with van der Waals surface area (Å²) in [5.74, 6) is 0. The van der Waals surface area contributed by atoms with E-state index in [-0.39, 0.29) is 10.6 Å². The number of morpholine rings is 1. The van der Waals surface area contributed by atoms with Crippen LogP contribution in [-0.4, -0.2) is 36.1 Å². The Hall–Kier alpha value is -0.980. The number of nitro benzene ring substituents is 1. The third-order valence-corrected chi connectivity index (χ3v) is 3.52. The van der Waals surface area contributed by atoms with Gasteiger partial charge in [-0.15, -0.1) is 0 Å². The van der Waals surface area contributed by atoms with Crippen LogP contribution in [0, 0.1) is 10.1 Å². The molecule has 1 aliphatic rings. The van der Waals surface area contributed by atoms with Crippen molar-refractivity contribution in [3.8, 4) is 0 Å². The van der Waals surface area contributed by atoms with E-state index in [2.05, 4.69) is 20.8 Å². The average Bonchev–Trinajstić information content (AvgIpc) is 2.33. The summed E-state index contributed by atoms with van der Waals surface area (Å²) in [7, 11) is 0. The fourth-order valence-electron chi connectivity index (χ4n) is 1.86. The first-order chi connectivity index (χ1) is 8.18. The summed E-state index contributed by atoms with van der Waals surface area (Å²) in [4.78, 5) is 12.8. The maximum absolute atomic E-state index is 11.0. The van der Waals surface area contributed by atoms with E-state index in [4.69, 9.17) is 4.74 Å². The molecule has 0 aromatic heterocycles. The highest BCUT2D eigenvalue weighted by Crippen LogP contribution is 2.28. The molecule has 1 aliphatic heterocycles. The highest BCUT2D eigenvalue weighted by atomic mass is 79.9. The van der Waals surface area contributed by atoms with Crippen LogP contribution in [0.4, 0.5) is 5.69 Å². The van der Waals surface area contributed by atoms with Crippen LogP contribution in [-0.2, 0) is 11.3 Å². The van der Waals surface area contributed by atoms with E-state index in [1.165, 1.54) is 0 Å². The van der Waals surface area contributed by atoms with Crippen LogP contribution in [0.5, 0.6) is 0 Å². The number of nitro groups is 1. The Bertz CT molecular complexity index is 419. The minimum Gasteiger partial charge on any atom is -0.379 e. The number of nitrogens with zero attached hydrogens (tertiary/aromatic N) is 2. The molecule has 92 valence electrons. The van der Waals surface area contributed by atoms with Crippen molar-refractivity contribution in [1.82, 2.24) is 4.90 Å². The Balaban J connectivity index is 2.21. The second-order valence-electron chi connectivity index (χ2n) is 3.88. The Morgan fingerprint density at radius 2 is 2.12 bits per heavy atom. The monoisotopic (exact) mass is 300 g/mol. The molecule has 0 spiro atoms. The van der Waals surface area contributed by atoms with Crippen molar-refractivity contribution < 1.29 is 9.66 Å². The van der Waals surface area contributed by atoms with Crippen molar-refractivity contribution in [1.29, 1.82) is 0 Å². The lowest BCUT2D eigenvalue weighted by molar-refractivity contribution is -0.385. The molecule has 0 N–H and O–H groups in total. The van der Waals surface area contributed by atoms with Gasteiger partial charge in [-0.3, -0.25) is 15.0 Å². The first-order valence-electron chi connectivity index (χ1n) is 5.40. The van der Waals surface area contributed by atoms with Crippen molar-refractivity contribution >= 4 is 21.6 Å². The van der Waals surface area contributed by atoms with Gasteiger partial charge in [0.25, 0.3) is 5.69 Å². The lowest BCUT2D eigenvalue weighted by atomic mass is 10.1. The molecule has 0 saturated carbocycles. The summed E-state index contributed by atoms with van der Waals surface area (Å²) in [6.07, 6.45) is 0. The van der Waals surface area contributed by atoms with E-state index in [0.717, 1.165) is 23.1 Å². The van der Waals surface area contributed by atoms with E-state index in [0.29, 0.717) is 19.8 Å². The largest absolute Gasteiger partial charge is 0.379 e. The lowest BCUT2D eigenvalue weighted by Gasteiger charge is -2.26. The maximum atomic E-state index is 11.0. The molecule has 1 aromatic rings. The Morgan fingerprint density at radius 3 is 2.76 bits per heavy atom. The molecule has 1 saturated heterocycles. The van der Waals surface area contributed by atoms with Gasteiger partial charge in [-0.1, -0.05) is 22.0 Å². The number of hydrogen-bond donors (Lipinski definition) is 0. The third kappa shape index (κ3) is 3.02. The zero-order valence-corrected chi connectivity index (χ0v) is 10.9. The van der Waals surface area contributed by atoms with Crippen LogP contribution >= 0.6 is 15.9 Å². The van der Waals surface area contributed by atoms with Crippen molar-refractivity contribution in [2.45, 2.75) is 6.54 Å². The Labute approximate surface area is 108 Å². The van der Waals surface area contributed by atoms with Gasteiger partial charge in [-0.25, -0.2) is 0 Å². The molecule has 0 bridgehead atoms. The molecule has 5 nitrogen and oxygen atoms in total. The summed E-state index contributed by atoms with van der Waals surface area (Å²) in [6, 6.07) is 5.06. The topological polar surface area (TPSA) is 55.6 Å². The van der Waals surface area contributed by atoms with Crippen LogP contribution in [0.2, 0.25) is 0 Å². The van der Waals surface area contributed by atoms with Crippen molar-refractivity contribution in [3.63, 3.8) is 0 Å². The number of hydrogen-bond acceptors (Lipinski definition) is 4. The van der Waals surface area contributed by atoms with Crippen LogP contribution in [0.25, 0.3) is 0 Å². The van der Waals surface area contributed by atoms with Crippen LogP contribution in [0.3, 0.4) is 0 Å². The van der Waals surface area contributed by atoms with Gasteiger partial charge in [0.15, 0.2) is 0 Å². The zero-order valence-electron chi connectivity index (χ0n) is 9.26. The molecule has 17 heavy (non-hydrogen) atoms. The Morgan fingerprint density at radius 1 is 1.41 bits per heavy atom. The van der Waals surface area contributed by atoms with E-state index in [1.807, 2.05) is 6.07 Å². The minimum atomic E-state index is -0.333. The van der Waals surface area contributed by atoms with Gasteiger partial charge in [-0.2, -0.15) is 0 Å². The quantitative estimate of drug-likeness (QED) is 0.634. The summed E-state index contributed by atoms with van der Waals surface area (Å²) >= 11 is 3.38. The van der Waals surface area contributed by atoms with Crippen molar-refractivity contribution in [2.75, 3.05) is 26.3 Å². The fourth-order valence-corrected chi connectivity index (χ4v) is 2.34. The fraction of sp³-hybridized carbons (Fsp3) is 0.455. The van der Waals surface area contributed by atoms with Crippen LogP contribution in [0.1, 0.15) is 5.56 Å². The molecule has 0 aliphatic carbocycles. The molecule has 0 radical (unpaired) electrons. The summed E-state index contributed by atoms with van der Waals surface area (Å²) in [5.41, 5.74) is 0.908. The van der Waals surface area contributed by atoms with Gasteiger partial charge in [0, 0.05) is 30.2 Å². The molecule has 0 atom stereocenters. The predicted octanol–water partition coefficient (Wildman–Crippen LogP) is 2.19. The molecule has 1 aromatic carbocycles. The maximum Gasteiger partial charge on any atom is 0.275 e. The van der Waals surface area contributed by atoms with Crippen LogP contribution in [0.15, 0.2) is 22.7 Å². The molecular weight excluding hydrogens is 288 g/mol. The summed E-state index contributed by atoms with van der Waals surface area (Å²) < 4.78 is 6.05. The standard InChI is InChI=1S/C11H13BrN2O3/c12-10-2-1-3-11(14(15)16)9(10)8-13-4-6-17-7-5-13/h1-3H,4-8H2. The summed E-state index contributed by atoms with van der Waals surface area (Å²) in [5, 5.41) is 11.0. The molecular formula is C11H13BrN2O3. The van der Waals surface area contributed by atoms with E-state index >= 15 is 0 Å². The molecule has 6 heteroatoms.